The first-order chi connectivity index (χ1) is 8.80. The summed E-state index contributed by atoms with van der Waals surface area (Å²) in [5.74, 6) is -2.07. The molecule has 2 N–H and O–H groups in total. The van der Waals surface area contributed by atoms with Crippen LogP contribution in [-0.2, 0) is 4.79 Å². The molecule has 4 nitrogen and oxygen atoms in total. The quantitative estimate of drug-likeness (QED) is 0.771. The molecule has 1 aliphatic heterocycles. The highest BCUT2D eigenvalue weighted by atomic mass is 79.9. The van der Waals surface area contributed by atoms with E-state index in [0.717, 1.165) is 17.7 Å². The number of hydrogen-bond acceptors (Lipinski definition) is 3. The molecule has 1 unspecified atom stereocenters. The average molecular weight is 341 g/mol. The van der Waals surface area contributed by atoms with Crippen LogP contribution in [0.4, 0.5) is 13.2 Å². The van der Waals surface area contributed by atoms with Gasteiger partial charge in [-0.15, -0.1) is 0 Å². The molecular formula is C11H12BrF3N2O2. The van der Waals surface area contributed by atoms with Gasteiger partial charge in [0, 0.05) is 12.7 Å². The van der Waals surface area contributed by atoms with Gasteiger partial charge in [0.15, 0.2) is 0 Å². The van der Waals surface area contributed by atoms with E-state index in [-0.39, 0.29) is 0 Å². The van der Waals surface area contributed by atoms with Crippen LogP contribution in [0.3, 0.4) is 0 Å². The third-order valence-electron chi connectivity index (χ3n) is 2.52. The lowest BCUT2D eigenvalue weighted by molar-refractivity contribution is -0.192. The lowest BCUT2D eigenvalue weighted by Gasteiger charge is -2.07. The smallest absolute Gasteiger partial charge is 0.475 e. The summed E-state index contributed by atoms with van der Waals surface area (Å²) in [6.45, 7) is 2.25. The van der Waals surface area contributed by atoms with Crippen molar-refractivity contribution in [1.29, 1.82) is 0 Å². The SMILES string of the molecule is Brc1cc(C2CCNC2)ccn1.O=C(O)C(F)(F)F. The summed E-state index contributed by atoms with van der Waals surface area (Å²) in [5.41, 5.74) is 1.39. The van der Waals surface area contributed by atoms with Crippen molar-refractivity contribution in [3.63, 3.8) is 0 Å². The molecule has 0 bridgehead atoms. The third-order valence-corrected chi connectivity index (χ3v) is 2.96. The fourth-order valence-electron chi connectivity index (χ4n) is 1.61. The Bertz CT molecular complexity index is 434. The number of nitrogens with one attached hydrogen (secondary N) is 1. The van der Waals surface area contributed by atoms with Crippen LogP contribution < -0.4 is 5.32 Å². The molecule has 0 aromatic carbocycles. The summed E-state index contributed by atoms with van der Waals surface area (Å²) in [4.78, 5) is 13.0. The largest absolute Gasteiger partial charge is 0.490 e. The Hall–Kier alpha value is -1.15. The van der Waals surface area contributed by atoms with Gasteiger partial charge in [-0.25, -0.2) is 9.78 Å². The Balaban J connectivity index is 0.000000224. The van der Waals surface area contributed by atoms with E-state index in [1.807, 2.05) is 6.20 Å². The summed E-state index contributed by atoms with van der Waals surface area (Å²) >= 11 is 3.38. The van der Waals surface area contributed by atoms with Gasteiger partial charge in [0.25, 0.3) is 0 Å². The van der Waals surface area contributed by atoms with Gasteiger partial charge < -0.3 is 10.4 Å². The standard InChI is InChI=1S/C9H11BrN2.C2HF3O2/c10-9-5-7(2-4-12-9)8-1-3-11-6-8;3-2(4,5)1(6)7/h2,4-5,8,11H,1,3,6H2;(H,6,7). The van der Waals surface area contributed by atoms with Crippen molar-refractivity contribution < 1.29 is 23.1 Å². The van der Waals surface area contributed by atoms with Crippen LogP contribution in [0.2, 0.25) is 0 Å². The van der Waals surface area contributed by atoms with Crippen molar-refractivity contribution in [3.05, 3.63) is 28.5 Å². The van der Waals surface area contributed by atoms with E-state index in [1.165, 1.54) is 12.0 Å². The van der Waals surface area contributed by atoms with E-state index < -0.39 is 12.1 Å². The second-order valence-corrected chi connectivity index (χ2v) is 4.72. The van der Waals surface area contributed by atoms with E-state index in [4.69, 9.17) is 9.90 Å². The molecule has 1 aliphatic rings. The summed E-state index contributed by atoms with van der Waals surface area (Å²) < 4.78 is 32.7. The number of hydrogen-bond donors (Lipinski definition) is 2. The average Bonchev–Trinajstić information content (AvgIpc) is 2.81. The van der Waals surface area contributed by atoms with Crippen LogP contribution in [0.15, 0.2) is 22.9 Å². The lowest BCUT2D eigenvalue weighted by Crippen LogP contribution is -2.21. The van der Waals surface area contributed by atoms with Gasteiger partial charge in [-0.1, -0.05) is 0 Å². The molecule has 2 rings (SSSR count). The van der Waals surface area contributed by atoms with E-state index in [2.05, 4.69) is 38.4 Å². The van der Waals surface area contributed by atoms with Crippen LogP contribution in [0.25, 0.3) is 0 Å². The highest BCUT2D eigenvalue weighted by Gasteiger charge is 2.38. The first-order valence-electron chi connectivity index (χ1n) is 5.43. The molecule has 0 aliphatic carbocycles. The predicted octanol–water partition coefficient (Wildman–Crippen LogP) is 2.55. The van der Waals surface area contributed by atoms with E-state index >= 15 is 0 Å². The van der Waals surface area contributed by atoms with Gasteiger partial charge in [0.1, 0.15) is 4.60 Å². The lowest BCUT2D eigenvalue weighted by atomic mass is 10.0. The Morgan fingerprint density at radius 1 is 1.53 bits per heavy atom. The zero-order valence-corrected chi connectivity index (χ0v) is 11.3. The molecular weight excluding hydrogens is 329 g/mol. The molecule has 1 aromatic heterocycles. The van der Waals surface area contributed by atoms with E-state index in [9.17, 15) is 13.2 Å². The van der Waals surface area contributed by atoms with Gasteiger partial charge >= 0.3 is 12.1 Å². The Morgan fingerprint density at radius 3 is 2.58 bits per heavy atom. The second kappa shape index (κ2) is 6.85. The van der Waals surface area contributed by atoms with Gasteiger partial charge in [0.2, 0.25) is 0 Å². The zero-order valence-electron chi connectivity index (χ0n) is 9.75. The summed E-state index contributed by atoms with van der Waals surface area (Å²) in [7, 11) is 0. The molecule has 0 saturated carbocycles. The van der Waals surface area contributed by atoms with Gasteiger partial charge in [-0.05, 0) is 52.5 Å². The summed E-state index contributed by atoms with van der Waals surface area (Å²) in [5, 5.41) is 10.5. The molecule has 2 heterocycles. The monoisotopic (exact) mass is 340 g/mol. The van der Waals surface area contributed by atoms with Crippen LogP contribution in [0.1, 0.15) is 17.9 Å². The van der Waals surface area contributed by atoms with Crippen molar-refractivity contribution in [3.8, 4) is 0 Å². The maximum Gasteiger partial charge on any atom is 0.490 e. The zero-order chi connectivity index (χ0) is 14.5. The first kappa shape index (κ1) is 15.9. The molecule has 0 radical (unpaired) electrons. The van der Waals surface area contributed by atoms with E-state index in [0.29, 0.717) is 5.92 Å². The van der Waals surface area contributed by atoms with Crippen molar-refractivity contribution in [1.82, 2.24) is 10.3 Å². The Morgan fingerprint density at radius 2 is 2.16 bits per heavy atom. The number of alkyl halides is 3. The molecule has 19 heavy (non-hydrogen) atoms. The number of carboxylic acids is 1. The first-order valence-corrected chi connectivity index (χ1v) is 6.22. The summed E-state index contributed by atoms with van der Waals surface area (Å²) in [6, 6.07) is 4.21. The van der Waals surface area contributed by atoms with Crippen molar-refractivity contribution in [2.45, 2.75) is 18.5 Å². The number of pyridine rings is 1. The van der Waals surface area contributed by atoms with Gasteiger partial charge in [-0.3, -0.25) is 0 Å². The van der Waals surface area contributed by atoms with Crippen molar-refractivity contribution in [2.24, 2.45) is 0 Å². The molecule has 8 heteroatoms. The molecule has 1 saturated heterocycles. The van der Waals surface area contributed by atoms with Crippen LogP contribution in [0.5, 0.6) is 0 Å². The number of rotatable bonds is 1. The number of carbonyl (C=O) groups is 1. The van der Waals surface area contributed by atoms with E-state index in [1.54, 1.807) is 0 Å². The maximum absolute atomic E-state index is 10.6. The second-order valence-electron chi connectivity index (χ2n) is 3.90. The maximum atomic E-state index is 10.6. The molecule has 0 amide bonds. The fourth-order valence-corrected chi connectivity index (χ4v) is 1.99. The topological polar surface area (TPSA) is 62.2 Å². The number of nitrogens with zero attached hydrogens (tertiary/aromatic N) is 1. The highest BCUT2D eigenvalue weighted by molar-refractivity contribution is 9.10. The van der Waals surface area contributed by atoms with Crippen LogP contribution in [-0.4, -0.2) is 35.3 Å². The van der Waals surface area contributed by atoms with Crippen molar-refractivity contribution >= 4 is 21.9 Å². The molecule has 1 atom stereocenters. The number of carboxylic acid groups (broad SMARTS) is 1. The number of aromatic nitrogens is 1. The molecule has 1 fully saturated rings. The van der Waals surface area contributed by atoms with Crippen molar-refractivity contribution in [2.75, 3.05) is 13.1 Å². The molecule has 106 valence electrons. The normalized spacial score (nSPS) is 18.6. The third kappa shape index (κ3) is 5.56. The minimum atomic E-state index is -5.08. The Kier molecular flexibility index (Phi) is 5.74. The van der Waals surface area contributed by atoms with Gasteiger partial charge in [0.05, 0.1) is 0 Å². The number of aliphatic carboxylic acids is 1. The highest BCUT2D eigenvalue weighted by Crippen LogP contribution is 2.23. The van der Waals surface area contributed by atoms with Crippen LogP contribution in [0, 0.1) is 0 Å². The molecule has 0 spiro atoms. The minimum absolute atomic E-state index is 0.685. The van der Waals surface area contributed by atoms with Gasteiger partial charge in [-0.2, -0.15) is 13.2 Å². The predicted molar refractivity (Wildman–Crippen MR) is 65.9 cm³/mol. The Labute approximate surface area is 116 Å². The van der Waals surface area contributed by atoms with Crippen LogP contribution >= 0.6 is 15.9 Å². The number of halogens is 4. The minimum Gasteiger partial charge on any atom is -0.475 e. The summed E-state index contributed by atoms with van der Waals surface area (Å²) in [6.07, 6.45) is -1.98. The molecule has 1 aromatic rings. The fraction of sp³-hybridized carbons (Fsp3) is 0.455.